The highest BCUT2D eigenvalue weighted by Gasteiger charge is 2.28. The quantitative estimate of drug-likeness (QED) is 0.562. The molecule has 2 heterocycles. The molecule has 0 unspecified atom stereocenters. The number of nitrogens with zero attached hydrogens (tertiary/aromatic N) is 3. The number of benzene rings is 1. The Morgan fingerprint density at radius 1 is 1.26 bits per heavy atom. The van der Waals surface area contributed by atoms with Crippen LogP contribution in [-0.4, -0.2) is 47.7 Å². The van der Waals surface area contributed by atoms with E-state index in [0.29, 0.717) is 23.8 Å². The molecule has 1 fully saturated rings. The van der Waals surface area contributed by atoms with Gasteiger partial charge >= 0.3 is 0 Å². The molecule has 146 valence electrons. The molecular formula is C17H22N4O3S3. The fourth-order valence-electron chi connectivity index (χ4n) is 2.87. The summed E-state index contributed by atoms with van der Waals surface area (Å²) in [6.07, 6.45) is 2.79. The smallest absolute Gasteiger partial charge is 0.257 e. The van der Waals surface area contributed by atoms with Gasteiger partial charge in [-0.3, -0.25) is 10.1 Å². The predicted octanol–water partition coefficient (Wildman–Crippen LogP) is 3.39. The molecule has 7 nitrogen and oxygen atoms in total. The van der Waals surface area contributed by atoms with Crippen LogP contribution in [0.3, 0.4) is 0 Å². The van der Waals surface area contributed by atoms with E-state index in [1.165, 1.54) is 21.7 Å². The monoisotopic (exact) mass is 426 g/mol. The van der Waals surface area contributed by atoms with E-state index in [1.54, 1.807) is 30.8 Å². The van der Waals surface area contributed by atoms with Crippen molar-refractivity contribution in [1.29, 1.82) is 0 Å². The number of aromatic nitrogens is 2. The summed E-state index contributed by atoms with van der Waals surface area (Å²) in [5.41, 5.74) is 0.922. The van der Waals surface area contributed by atoms with E-state index in [-0.39, 0.29) is 10.5 Å². The lowest BCUT2D eigenvalue weighted by molar-refractivity contribution is 0.102. The van der Waals surface area contributed by atoms with Gasteiger partial charge in [0.05, 0.1) is 4.90 Å². The topological polar surface area (TPSA) is 92.3 Å². The van der Waals surface area contributed by atoms with Crippen LogP contribution in [0.1, 0.15) is 42.1 Å². The fraction of sp³-hybridized carbons (Fsp3) is 0.471. The molecule has 0 saturated carbocycles. The molecule has 3 rings (SSSR count). The van der Waals surface area contributed by atoms with Crippen molar-refractivity contribution in [3.05, 3.63) is 29.3 Å². The number of hydrogen-bond acceptors (Lipinski definition) is 7. The molecule has 1 aliphatic rings. The lowest BCUT2D eigenvalue weighted by Gasteiger charge is -2.26. The normalized spacial score (nSPS) is 15.6. The number of piperidine rings is 1. The maximum absolute atomic E-state index is 13.0. The highest BCUT2D eigenvalue weighted by molar-refractivity contribution is 8.01. The van der Waals surface area contributed by atoms with Crippen LogP contribution in [0.25, 0.3) is 0 Å². The molecule has 1 aliphatic heterocycles. The molecule has 1 saturated heterocycles. The Kier molecular flexibility index (Phi) is 6.51. The summed E-state index contributed by atoms with van der Waals surface area (Å²) in [5.74, 6) is 0.479. The number of rotatable bonds is 6. The van der Waals surface area contributed by atoms with Gasteiger partial charge < -0.3 is 0 Å². The van der Waals surface area contributed by atoms with E-state index in [4.69, 9.17) is 0 Å². The van der Waals surface area contributed by atoms with Crippen molar-refractivity contribution < 1.29 is 13.2 Å². The van der Waals surface area contributed by atoms with Gasteiger partial charge in [0, 0.05) is 18.7 Å². The van der Waals surface area contributed by atoms with Crippen molar-refractivity contribution in [3.63, 3.8) is 0 Å². The van der Waals surface area contributed by atoms with Gasteiger partial charge in [0.2, 0.25) is 15.2 Å². The number of sulfonamides is 1. The molecule has 1 N–H and O–H groups in total. The zero-order chi connectivity index (χ0) is 19.4. The Labute approximate surface area is 167 Å². The van der Waals surface area contributed by atoms with Gasteiger partial charge in [-0.15, -0.1) is 10.2 Å². The molecule has 27 heavy (non-hydrogen) atoms. The third kappa shape index (κ3) is 4.68. The van der Waals surface area contributed by atoms with Crippen LogP contribution in [0.4, 0.5) is 5.13 Å². The number of carbonyl (C=O) groups is 1. The van der Waals surface area contributed by atoms with Gasteiger partial charge in [-0.05, 0) is 43.2 Å². The predicted molar refractivity (Wildman–Crippen MR) is 108 cm³/mol. The second kappa shape index (κ2) is 8.68. The average Bonchev–Trinajstić information content (AvgIpc) is 3.10. The number of hydrogen-bond donors (Lipinski definition) is 1. The Hall–Kier alpha value is -1.49. The van der Waals surface area contributed by atoms with Crippen LogP contribution >= 0.6 is 23.1 Å². The summed E-state index contributed by atoms with van der Waals surface area (Å²) >= 11 is 2.85. The zero-order valence-corrected chi connectivity index (χ0v) is 17.7. The first-order chi connectivity index (χ1) is 12.9. The summed E-state index contributed by atoms with van der Waals surface area (Å²) < 4.78 is 28.3. The van der Waals surface area contributed by atoms with Crippen molar-refractivity contribution in [2.24, 2.45) is 0 Å². The highest BCUT2D eigenvalue weighted by atomic mass is 32.2. The Balaban J connectivity index is 1.82. The first kappa shape index (κ1) is 20.2. The molecule has 1 aromatic carbocycles. The number of anilines is 1. The van der Waals surface area contributed by atoms with Crippen molar-refractivity contribution in [2.75, 3.05) is 24.2 Å². The maximum Gasteiger partial charge on any atom is 0.257 e. The van der Waals surface area contributed by atoms with Gasteiger partial charge in [-0.1, -0.05) is 42.5 Å². The number of thioether (sulfide) groups is 1. The first-order valence-corrected chi connectivity index (χ1v) is 12.0. The molecule has 1 aromatic heterocycles. The molecule has 0 bridgehead atoms. The maximum atomic E-state index is 13.0. The number of aryl methyl sites for hydroxylation is 1. The SMILES string of the molecule is CCSc1nnc(NC(=O)c2ccc(C)c(S(=O)(=O)N3CCCCC3)c2)s1. The van der Waals surface area contributed by atoms with Gasteiger partial charge in [0.15, 0.2) is 4.34 Å². The number of carbonyl (C=O) groups excluding carboxylic acids is 1. The van der Waals surface area contributed by atoms with Crippen LogP contribution in [0.5, 0.6) is 0 Å². The second-order valence-corrected chi connectivity index (χ2v) is 10.6. The summed E-state index contributed by atoms with van der Waals surface area (Å²) in [6, 6.07) is 4.75. The van der Waals surface area contributed by atoms with E-state index in [1.807, 2.05) is 6.92 Å². The standard InChI is InChI=1S/C17H22N4O3S3/c1-3-25-17-20-19-16(26-17)18-15(22)13-8-7-12(2)14(11-13)27(23,24)21-9-5-4-6-10-21/h7-8,11H,3-6,9-10H2,1-2H3,(H,18,19,22). The zero-order valence-electron chi connectivity index (χ0n) is 15.3. The number of amides is 1. The minimum Gasteiger partial charge on any atom is -0.296 e. The van der Waals surface area contributed by atoms with E-state index in [2.05, 4.69) is 15.5 Å². The van der Waals surface area contributed by atoms with Gasteiger partial charge in [-0.2, -0.15) is 4.31 Å². The first-order valence-electron chi connectivity index (χ1n) is 8.80. The van der Waals surface area contributed by atoms with Crippen molar-refractivity contribution >= 4 is 44.2 Å². The van der Waals surface area contributed by atoms with Crippen LogP contribution in [0, 0.1) is 6.92 Å². The Bertz CT molecular complexity index is 921. The minimum absolute atomic E-state index is 0.191. The number of nitrogens with one attached hydrogen (secondary N) is 1. The van der Waals surface area contributed by atoms with E-state index in [0.717, 1.165) is 29.4 Å². The lowest BCUT2D eigenvalue weighted by atomic mass is 10.1. The third-order valence-electron chi connectivity index (χ3n) is 4.28. The summed E-state index contributed by atoms with van der Waals surface area (Å²) in [4.78, 5) is 12.8. The molecule has 0 spiro atoms. The van der Waals surface area contributed by atoms with Crippen molar-refractivity contribution in [2.45, 2.75) is 42.3 Å². The van der Waals surface area contributed by atoms with E-state index in [9.17, 15) is 13.2 Å². The van der Waals surface area contributed by atoms with Crippen molar-refractivity contribution in [1.82, 2.24) is 14.5 Å². The molecule has 1 amide bonds. The summed E-state index contributed by atoms with van der Waals surface area (Å²) in [7, 11) is -3.60. The van der Waals surface area contributed by atoms with Gasteiger partial charge in [0.1, 0.15) is 0 Å². The molecule has 0 aliphatic carbocycles. The van der Waals surface area contributed by atoms with E-state index < -0.39 is 15.9 Å². The van der Waals surface area contributed by atoms with Crippen molar-refractivity contribution in [3.8, 4) is 0 Å². The van der Waals surface area contributed by atoms with E-state index >= 15 is 0 Å². The molecular weight excluding hydrogens is 404 g/mol. The molecule has 0 atom stereocenters. The lowest BCUT2D eigenvalue weighted by Crippen LogP contribution is -2.36. The van der Waals surface area contributed by atoms with Crippen LogP contribution < -0.4 is 5.32 Å². The third-order valence-corrected chi connectivity index (χ3v) is 8.17. The Morgan fingerprint density at radius 2 is 2.00 bits per heavy atom. The Morgan fingerprint density at radius 3 is 2.70 bits per heavy atom. The highest BCUT2D eigenvalue weighted by Crippen LogP contribution is 2.27. The second-order valence-electron chi connectivity index (χ2n) is 6.21. The molecule has 10 heteroatoms. The largest absolute Gasteiger partial charge is 0.296 e. The van der Waals surface area contributed by atoms with Gasteiger partial charge in [-0.25, -0.2) is 8.42 Å². The van der Waals surface area contributed by atoms with Crippen LogP contribution in [-0.2, 0) is 10.0 Å². The van der Waals surface area contributed by atoms with Crippen LogP contribution in [0.15, 0.2) is 27.4 Å². The minimum atomic E-state index is -3.60. The van der Waals surface area contributed by atoms with Crippen LogP contribution in [0.2, 0.25) is 0 Å². The molecule has 0 radical (unpaired) electrons. The molecule has 2 aromatic rings. The average molecular weight is 427 g/mol. The summed E-state index contributed by atoms with van der Waals surface area (Å²) in [5, 5.41) is 11.0. The van der Waals surface area contributed by atoms with Gasteiger partial charge in [0.25, 0.3) is 5.91 Å². The fourth-order valence-corrected chi connectivity index (χ4v) is 6.29. The summed E-state index contributed by atoms with van der Waals surface area (Å²) in [6.45, 7) is 4.82.